The van der Waals surface area contributed by atoms with Crippen LogP contribution < -0.4 is 5.32 Å². The minimum Gasteiger partial charge on any atom is -0.357 e. The predicted octanol–water partition coefficient (Wildman–Crippen LogP) is 2.57. The van der Waals surface area contributed by atoms with Crippen molar-refractivity contribution in [3.63, 3.8) is 0 Å². The molecule has 0 aliphatic carbocycles. The largest absolute Gasteiger partial charge is 0.357 e. The molecule has 3 saturated heterocycles. The summed E-state index contributed by atoms with van der Waals surface area (Å²) in [4.78, 5) is 27.2. The highest BCUT2D eigenvalue weighted by Crippen LogP contribution is 2.18. The van der Waals surface area contributed by atoms with Crippen molar-refractivity contribution in [3.05, 3.63) is 0 Å². The van der Waals surface area contributed by atoms with Gasteiger partial charge >= 0.3 is 0 Å². The van der Waals surface area contributed by atoms with E-state index in [0.717, 1.165) is 77.1 Å². The number of carbonyl (C=O) groups excluding carboxylic acids is 1. The standard InChI is InChI=1S/C24H46N6O.HI/c1-5-25-24(26-17-22-9-8-10-27(19-22)18-20(2)3)30-15-13-28(14-16-30)21(4)23(31)29-11-6-7-12-29;/h20-22H,5-19H2,1-4H3,(H,25,26);1H. The quantitative estimate of drug-likeness (QED) is 0.294. The van der Waals surface area contributed by atoms with Crippen molar-refractivity contribution in [3.8, 4) is 0 Å². The Hall–Kier alpha value is -0.610. The molecule has 0 saturated carbocycles. The second-order valence-electron chi connectivity index (χ2n) is 10.1. The third-order valence-electron chi connectivity index (χ3n) is 7.00. The van der Waals surface area contributed by atoms with E-state index in [4.69, 9.17) is 4.99 Å². The zero-order valence-electron chi connectivity index (χ0n) is 20.9. The molecule has 1 N–H and O–H groups in total. The summed E-state index contributed by atoms with van der Waals surface area (Å²) in [5.74, 6) is 2.77. The Morgan fingerprint density at radius 1 is 0.969 bits per heavy atom. The van der Waals surface area contributed by atoms with E-state index in [1.807, 2.05) is 0 Å². The Kier molecular flexibility index (Phi) is 12.0. The third kappa shape index (κ3) is 8.01. The van der Waals surface area contributed by atoms with Crippen LogP contribution in [0.3, 0.4) is 0 Å². The molecule has 3 heterocycles. The van der Waals surface area contributed by atoms with E-state index < -0.39 is 0 Å². The molecular formula is C24H47IN6O. The number of aliphatic imine (C=N–C) groups is 1. The zero-order chi connectivity index (χ0) is 22.2. The summed E-state index contributed by atoms with van der Waals surface area (Å²) in [7, 11) is 0. The van der Waals surface area contributed by atoms with Crippen LogP contribution in [-0.2, 0) is 4.79 Å². The highest BCUT2D eigenvalue weighted by molar-refractivity contribution is 14.0. The van der Waals surface area contributed by atoms with Gasteiger partial charge < -0.3 is 20.0 Å². The average Bonchev–Trinajstić information content (AvgIpc) is 3.30. The van der Waals surface area contributed by atoms with Crippen LogP contribution in [0.4, 0.5) is 0 Å². The van der Waals surface area contributed by atoms with Crippen molar-refractivity contribution in [2.45, 2.75) is 59.4 Å². The minimum absolute atomic E-state index is 0. The zero-order valence-corrected chi connectivity index (χ0v) is 23.2. The maximum atomic E-state index is 12.8. The number of carbonyl (C=O) groups is 1. The minimum atomic E-state index is -0.00560. The summed E-state index contributed by atoms with van der Waals surface area (Å²) in [5.41, 5.74) is 0. The van der Waals surface area contributed by atoms with Crippen molar-refractivity contribution < 1.29 is 4.79 Å². The van der Waals surface area contributed by atoms with Gasteiger partial charge in [0.05, 0.1) is 6.04 Å². The van der Waals surface area contributed by atoms with Gasteiger partial charge in [-0.05, 0) is 57.9 Å². The molecule has 0 spiro atoms. The number of halogens is 1. The Balaban J connectivity index is 0.00000363. The first-order chi connectivity index (χ1) is 15.0. The molecule has 32 heavy (non-hydrogen) atoms. The number of piperazine rings is 1. The number of nitrogens with zero attached hydrogens (tertiary/aromatic N) is 5. The fourth-order valence-corrected chi connectivity index (χ4v) is 5.30. The van der Waals surface area contributed by atoms with Gasteiger partial charge in [-0.15, -0.1) is 24.0 Å². The van der Waals surface area contributed by atoms with E-state index in [1.54, 1.807) is 0 Å². The van der Waals surface area contributed by atoms with Gasteiger partial charge in [-0.2, -0.15) is 0 Å². The van der Waals surface area contributed by atoms with Crippen molar-refractivity contribution in [1.82, 2.24) is 24.9 Å². The Bertz CT molecular complexity index is 587. The lowest BCUT2D eigenvalue weighted by Gasteiger charge is -2.40. The molecule has 2 atom stereocenters. The number of likely N-dealkylation sites (tertiary alicyclic amines) is 2. The molecule has 3 fully saturated rings. The first-order valence-electron chi connectivity index (χ1n) is 12.8. The molecule has 0 aromatic carbocycles. The highest BCUT2D eigenvalue weighted by atomic mass is 127. The first-order valence-corrected chi connectivity index (χ1v) is 12.8. The molecule has 3 rings (SSSR count). The second kappa shape index (κ2) is 13.9. The number of nitrogens with one attached hydrogen (secondary N) is 1. The van der Waals surface area contributed by atoms with E-state index in [0.29, 0.717) is 11.8 Å². The van der Waals surface area contributed by atoms with Gasteiger partial charge in [-0.3, -0.25) is 14.7 Å². The fourth-order valence-electron chi connectivity index (χ4n) is 5.30. The Morgan fingerprint density at radius 3 is 2.28 bits per heavy atom. The van der Waals surface area contributed by atoms with Crippen LogP contribution >= 0.6 is 24.0 Å². The van der Waals surface area contributed by atoms with Gasteiger partial charge in [0, 0.05) is 65.4 Å². The third-order valence-corrected chi connectivity index (χ3v) is 7.00. The molecule has 8 heteroatoms. The fraction of sp³-hybridized carbons (Fsp3) is 0.917. The number of guanidine groups is 1. The van der Waals surface area contributed by atoms with E-state index in [9.17, 15) is 4.79 Å². The van der Waals surface area contributed by atoms with Crippen LogP contribution in [-0.4, -0.2) is 110 Å². The molecule has 0 aromatic heterocycles. The number of hydrogen-bond acceptors (Lipinski definition) is 4. The molecular weight excluding hydrogens is 515 g/mol. The smallest absolute Gasteiger partial charge is 0.239 e. The lowest BCUT2D eigenvalue weighted by molar-refractivity contribution is -0.135. The van der Waals surface area contributed by atoms with Crippen molar-refractivity contribution >= 4 is 35.8 Å². The lowest BCUT2D eigenvalue weighted by atomic mass is 9.97. The van der Waals surface area contributed by atoms with Crippen molar-refractivity contribution in [2.24, 2.45) is 16.8 Å². The highest BCUT2D eigenvalue weighted by Gasteiger charge is 2.30. The van der Waals surface area contributed by atoms with Gasteiger partial charge in [0.25, 0.3) is 0 Å². The SMILES string of the molecule is CCNC(=NCC1CCCN(CC(C)C)C1)N1CCN(C(C)C(=O)N2CCCC2)CC1.I. The summed E-state index contributed by atoms with van der Waals surface area (Å²) in [5, 5.41) is 3.52. The van der Waals surface area contributed by atoms with E-state index in [2.05, 4.69) is 52.6 Å². The van der Waals surface area contributed by atoms with Gasteiger partial charge in [-0.1, -0.05) is 13.8 Å². The first kappa shape index (κ1) is 27.6. The van der Waals surface area contributed by atoms with Gasteiger partial charge in [0.2, 0.25) is 5.91 Å². The van der Waals surface area contributed by atoms with Crippen LogP contribution in [0.1, 0.15) is 53.4 Å². The maximum Gasteiger partial charge on any atom is 0.239 e. The summed E-state index contributed by atoms with van der Waals surface area (Å²) >= 11 is 0. The summed E-state index contributed by atoms with van der Waals surface area (Å²) in [6.45, 7) is 19.9. The van der Waals surface area contributed by atoms with Crippen molar-refractivity contribution in [2.75, 3.05) is 72.0 Å². The van der Waals surface area contributed by atoms with Crippen LogP contribution in [0, 0.1) is 11.8 Å². The van der Waals surface area contributed by atoms with Crippen LogP contribution in [0.2, 0.25) is 0 Å². The monoisotopic (exact) mass is 562 g/mol. The molecule has 0 aromatic rings. The predicted molar refractivity (Wildman–Crippen MR) is 144 cm³/mol. The lowest BCUT2D eigenvalue weighted by Crippen LogP contribution is -2.57. The molecule has 1 amide bonds. The van der Waals surface area contributed by atoms with E-state index >= 15 is 0 Å². The summed E-state index contributed by atoms with van der Waals surface area (Å²) in [6, 6.07) is -0.00560. The van der Waals surface area contributed by atoms with E-state index in [-0.39, 0.29) is 30.0 Å². The number of piperidine rings is 1. The normalized spacial score (nSPS) is 24.5. The Labute approximate surface area is 213 Å². The van der Waals surface area contributed by atoms with Gasteiger partial charge in [0.15, 0.2) is 5.96 Å². The number of hydrogen-bond donors (Lipinski definition) is 1. The van der Waals surface area contributed by atoms with Crippen LogP contribution in [0.25, 0.3) is 0 Å². The molecule has 7 nitrogen and oxygen atoms in total. The molecule has 0 bridgehead atoms. The topological polar surface area (TPSA) is 54.4 Å². The summed E-state index contributed by atoms with van der Waals surface area (Å²) in [6.07, 6.45) is 4.91. The maximum absolute atomic E-state index is 12.8. The molecule has 0 radical (unpaired) electrons. The molecule has 3 aliphatic rings. The van der Waals surface area contributed by atoms with Gasteiger partial charge in [0.1, 0.15) is 0 Å². The van der Waals surface area contributed by atoms with Crippen molar-refractivity contribution in [1.29, 1.82) is 0 Å². The summed E-state index contributed by atoms with van der Waals surface area (Å²) < 4.78 is 0. The van der Waals surface area contributed by atoms with E-state index in [1.165, 1.54) is 32.5 Å². The average molecular weight is 563 g/mol. The molecule has 186 valence electrons. The number of amides is 1. The second-order valence-corrected chi connectivity index (χ2v) is 10.1. The van der Waals surface area contributed by atoms with Gasteiger partial charge in [-0.25, -0.2) is 0 Å². The van der Waals surface area contributed by atoms with Crippen LogP contribution in [0.15, 0.2) is 4.99 Å². The Morgan fingerprint density at radius 2 is 1.66 bits per heavy atom. The molecule has 2 unspecified atom stereocenters. The molecule has 3 aliphatic heterocycles. The van der Waals surface area contributed by atoms with Crippen LogP contribution in [0.5, 0.6) is 0 Å². The number of rotatable bonds is 7.